The predicted octanol–water partition coefficient (Wildman–Crippen LogP) is 1.05. The van der Waals surface area contributed by atoms with Gasteiger partial charge in [-0.3, -0.25) is 4.79 Å². The Morgan fingerprint density at radius 3 is 3.10 bits per heavy atom. The van der Waals surface area contributed by atoms with Crippen LogP contribution in [0.3, 0.4) is 0 Å². The van der Waals surface area contributed by atoms with E-state index in [0.29, 0.717) is 18.7 Å². The molecule has 0 bridgehead atoms. The molecular weight excluding hydrogens is 256 g/mol. The molecule has 2 heterocycles. The number of aromatic nitrogens is 3. The smallest absolute Gasteiger partial charge is 0.254 e. The highest BCUT2D eigenvalue weighted by atomic mass is 16.3. The van der Waals surface area contributed by atoms with Crippen LogP contribution >= 0.6 is 0 Å². The molecule has 0 saturated carbocycles. The molecule has 1 fully saturated rings. The van der Waals surface area contributed by atoms with Gasteiger partial charge in [0.05, 0.1) is 11.6 Å². The number of carbonyl (C=O) groups is 1. The Balaban J connectivity index is 1.88. The number of aliphatic hydroxyl groups is 1. The topological polar surface area (TPSA) is 71.2 Å². The monoisotopic (exact) mass is 274 g/mol. The van der Waals surface area contributed by atoms with E-state index in [1.807, 2.05) is 13.0 Å². The molecule has 1 atom stereocenters. The van der Waals surface area contributed by atoms with Crippen molar-refractivity contribution >= 4 is 16.9 Å². The van der Waals surface area contributed by atoms with E-state index < -0.39 is 6.10 Å². The van der Waals surface area contributed by atoms with E-state index in [4.69, 9.17) is 0 Å². The van der Waals surface area contributed by atoms with Gasteiger partial charge in [-0.1, -0.05) is 5.21 Å². The second kappa shape index (κ2) is 5.20. The van der Waals surface area contributed by atoms with E-state index in [-0.39, 0.29) is 5.91 Å². The molecule has 6 nitrogen and oxygen atoms in total. The van der Waals surface area contributed by atoms with Gasteiger partial charge in [0.25, 0.3) is 5.91 Å². The van der Waals surface area contributed by atoms with Crippen molar-refractivity contribution in [3.05, 3.63) is 23.8 Å². The Labute approximate surface area is 117 Å². The third-order valence-electron chi connectivity index (χ3n) is 3.74. The summed E-state index contributed by atoms with van der Waals surface area (Å²) in [6.07, 6.45) is 1.21. The molecule has 1 aliphatic rings. The van der Waals surface area contributed by atoms with Crippen LogP contribution in [-0.4, -0.2) is 50.1 Å². The Morgan fingerprint density at radius 1 is 1.50 bits per heavy atom. The van der Waals surface area contributed by atoms with Crippen LogP contribution in [0, 0.1) is 0 Å². The maximum Gasteiger partial charge on any atom is 0.254 e. The standard InChI is InChI=1S/C14H18N4O2/c1-2-18-13-6-5-10(8-12(13)15-16-18)14(20)17-7-3-4-11(19)9-17/h5-6,8,11,19H,2-4,7,9H2,1H3/t11-/m0/s1. The van der Waals surface area contributed by atoms with Crippen molar-refractivity contribution in [3.63, 3.8) is 0 Å². The quantitative estimate of drug-likeness (QED) is 0.888. The first-order chi connectivity index (χ1) is 9.69. The van der Waals surface area contributed by atoms with Gasteiger partial charge >= 0.3 is 0 Å². The lowest BCUT2D eigenvalue weighted by Gasteiger charge is -2.30. The minimum atomic E-state index is -0.405. The van der Waals surface area contributed by atoms with Crippen LogP contribution in [0.1, 0.15) is 30.1 Å². The molecule has 1 N–H and O–H groups in total. The fourth-order valence-corrected chi connectivity index (χ4v) is 2.66. The molecule has 1 aromatic carbocycles. The van der Waals surface area contributed by atoms with Crippen LogP contribution in [-0.2, 0) is 6.54 Å². The molecule has 3 rings (SSSR count). The average Bonchev–Trinajstić information content (AvgIpc) is 2.88. The summed E-state index contributed by atoms with van der Waals surface area (Å²) in [6.45, 7) is 3.87. The maximum absolute atomic E-state index is 12.4. The Bertz CT molecular complexity index is 637. The first kappa shape index (κ1) is 13.1. The summed E-state index contributed by atoms with van der Waals surface area (Å²) in [5, 5.41) is 17.8. The van der Waals surface area contributed by atoms with Crippen LogP contribution in [0.15, 0.2) is 18.2 Å². The first-order valence-electron chi connectivity index (χ1n) is 6.99. The molecule has 106 valence electrons. The van der Waals surface area contributed by atoms with E-state index >= 15 is 0 Å². The number of rotatable bonds is 2. The Hall–Kier alpha value is -1.95. The highest BCUT2D eigenvalue weighted by Gasteiger charge is 2.23. The van der Waals surface area contributed by atoms with Gasteiger partial charge in [0, 0.05) is 25.2 Å². The average molecular weight is 274 g/mol. The minimum absolute atomic E-state index is 0.0447. The van der Waals surface area contributed by atoms with Gasteiger partial charge < -0.3 is 10.0 Å². The largest absolute Gasteiger partial charge is 0.391 e. The molecule has 0 spiro atoms. The van der Waals surface area contributed by atoms with Gasteiger partial charge in [-0.05, 0) is 38.0 Å². The number of hydrogen-bond acceptors (Lipinski definition) is 4. The summed E-state index contributed by atoms with van der Waals surface area (Å²) < 4.78 is 1.80. The molecule has 1 amide bonds. The van der Waals surface area contributed by atoms with Crippen LogP contribution in [0.2, 0.25) is 0 Å². The first-order valence-corrected chi connectivity index (χ1v) is 6.99. The van der Waals surface area contributed by atoms with Crippen LogP contribution < -0.4 is 0 Å². The summed E-state index contributed by atoms with van der Waals surface area (Å²) in [4.78, 5) is 14.1. The number of piperidine rings is 1. The number of nitrogens with zero attached hydrogens (tertiary/aromatic N) is 4. The lowest BCUT2D eigenvalue weighted by molar-refractivity contribution is 0.0474. The highest BCUT2D eigenvalue weighted by molar-refractivity contribution is 5.97. The fourth-order valence-electron chi connectivity index (χ4n) is 2.66. The predicted molar refractivity (Wildman–Crippen MR) is 74.3 cm³/mol. The molecular formula is C14H18N4O2. The van der Waals surface area contributed by atoms with Gasteiger partial charge in [0.1, 0.15) is 5.52 Å². The summed E-state index contributed by atoms with van der Waals surface area (Å²) in [6, 6.07) is 5.46. The number of aryl methyl sites for hydroxylation is 1. The third-order valence-corrected chi connectivity index (χ3v) is 3.74. The van der Waals surface area contributed by atoms with Crippen molar-refractivity contribution in [1.82, 2.24) is 19.9 Å². The maximum atomic E-state index is 12.4. The molecule has 1 aliphatic heterocycles. The van der Waals surface area contributed by atoms with Gasteiger partial charge in [-0.15, -0.1) is 5.10 Å². The van der Waals surface area contributed by atoms with E-state index in [2.05, 4.69) is 10.3 Å². The summed E-state index contributed by atoms with van der Waals surface area (Å²) in [5.41, 5.74) is 2.27. The molecule has 1 saturated heterocycles. The van der Waals surface area contributed by atoms with E-state index in [9.17, 15) is 9.90 Å². The zero-order valence-corrected chi connectivity index (χ0v) is 11.5. The second-order valence-corrected chi connectivity index (χ2v) is 5.16. The van der Waals surface area contributed by atoms with Crippen molar-refractivity contribution in [2.24, 2.45) is 0 Å². The number of hydrogen-bond donors (Lipinski definition) is 1. The zero-order chi connectivity index (χ0) is 14.1. The molecule has 6 heteroatoms. The van der Waals surface area contributed by atoms with E-state index in [1.54, 1.807) is 21.7 Å². The molecule has 1 aromatic heterocycles. The zero-order valence-electron chi connectivity index (χ0n) is 11.5. The Morgan fingerprint density at radius 2 is 2.35 bits per heavy atom. The van der Waals surface area contributed by atoms with Crippen molar-refractivity contribution in [2.45, 2.75) is 32.4 Å². The molecule has 0 unspecified atom stereocenters. The number of aliphatic hydroxyl groups excluding tert-OH is 1. The van der Waals surface area contributed by atoms with Crippen LogP contribution in [0.25, 0.3) is 11.0 Å². The van der Waals surface area contributed by atoms with Gasteiger partial charge in [0.2, 0.25) is 0 Å². The Kier molecular flexibility index (Phi) is 3.40. The molecule has 0 aliphatic carbocycles. The number of carbonyl (C=O) groups excluding carboxylic acids is 1. The van der Waals surface area contributed by atoms with Crippen molar-refractivity contribution in [1.29, 1.82) is 0 Å². The summed E-state index contributed by atoms with van der Waals surface area (Å²) >= 11 is 0. The molecule has 0 radical (unpaired) electrons. The number of β-amino-alcohol motifs (C(OH)–C–C–N with tert-alkyl or cyclic N) is 1. The number of likely N-dealkylation sites (tertiary alicyclic amines) is 1. The third kappa shape index (κ3) is 2.27. The number of fused-ring (bicyclic) bond motifs is 1. The van der Waals surface area contributed by atoms with Crippen LogP contribution in [0.5, 0.6) is 0 Å². The fraction of sp³-hybridized carbons (Fsp3) is 0.500. The lowest BCUT2D eigenvalue weighted by Crippen LogP contribution is -2.42. The second-order valence-electron chi connectivity index (χ2n) is 5.16. The van der Waals surface area contributed by atoms with E-state index in [0.717, 1.165) is 30.4 Å². The van der Waals surface area contributed by atoms with Gasteiger partial charge in [-0.25, -0.2) is 4.68 Å². The normalized spacial score (nSPS) is 19.5. The van der Waals surface area contributed by atoms with Crippen molar-refractivity contribution in [2.75, 3.05) is 13.1 Å². The van der Waals surface area contributed by atoms with E-state index in [1.165, 1.54) is 0 Å². The highest BCUT2D eigenvalue weighted by Crippen LogP contribution is 2.17. The number of benzene rings is 1. The van der Waals surface area contributed by atoms with Gasteiger partial charge in [0.15, 0.2) is 0 Å². The molecule has 20 heavy (non-hydrogen) atoms. The molecule has 2 aromatic rings. The van der Waals surface area contributed by atoms with Gasteiger partial charge in [-0.2, -0.15) is 0 Å². The van der Waals surface area contributed by atoms with Crippen LogP contribution in [0.4, 0.5) is 0 Å². The number of amides is 1. The van der Waals surface area contributed by atoms with Crippen molar-refractivity contribution in [3.8, 4) is 0 Å². The van der Waals surface area contributed by atoms with Crippen molar-refractivity contribution < 1.29 is 9.90 Å². The SMILES string of the molecule is CCn1nnc2cc(C(=O)N3CCC[C@H](O)C3)ccc21. The minimum Gasteiger partial charge on any atom is -0.391 e. The lowest BCUT2D eigenvalue weighted by atomic mass is 10.1. The summed E-state index contributed by atoms with van der Waals surface area (Å²) in [7, 11) is 0. The summed E-state index contributed by atoms with van der Waals surface area (Å²) in [5.74, 6) is -0.0447.